The highest BCUT2D eigenvalue weighted by Gasteiger charge is 2.33. The van der Waals surface area contributed by atoms with Gasteiger partial charge in [0.2, 0.25) is 0 Å². The summed E-state index contributed by atoms with van der Waals surface area (Å²) in [6.45, 7) is 21.0. The molecule has 0 amide bonds. The molecule has 0 aliphatic heterocycles. The molecule has 122 valence electrons. The quantitative estimate of drug-likeness (QED) is 0.656. The maximum Gasteiger partial charge on any atom is 0.0118 e. The van der Waals surface area contributed by atoms with Gasteiger partial charge in [-0.15, -0.1) is 0 Å². The molecule has 2 unspecified atom stereocenters. The number of hydrogen-bond donors (Lipinski definition) is 1. The summed E-state index contributed by atoms with van der Waals surface area (Å²) in [5, 5.41) is 0. The molecule has 0 bridgehead atoms. The first-order valence-corrected chi connectivity index (χ1v) is 8.47. The lowest BCUT2D eigenvalue weighted by Gasteiger charge is -2.46. The fourth-order valence-electron chi connectivity index (χ4n) is 2.51. The van der Waals surface area contributed by atoms with Crippen LogP contribution in [0.4, 0.5) is 0 Å². The molecule has 0 saturated carbocycles. The Balaban J connectivity index is 4.64. The Labute approximate surface area is 128 Å². The second-order valence-electron chi connectivity index (χ2n) is 8.52. The third-order valence-corrected chi connectivity index (χ3v) is 4.87. The average molecular weight is 285 g/mol. The Bertz CT molecular complexity index is 227. The van der Waals surface area contributed by atoms with E-state index in [-0.39, 0.29) is 0 Å². The van der Waals surface area contributed by atoms with Gasteiger partial charge in [-0.2, -0.15) is 0 Å². The van der Waals surface area contributed by atoms with Crippen LogP contribution in [0.1, 0.15) is 81.1 Å². The van der Waals surface area contributed by atoms with Gasteiger partial charge in [-0.05, 0) is 50.6 Å². The van der Waals surface area contributed by atoms with Crippen LogP contribution in [0, 0.1) is 10.8 Å². The first-order chi connectivity index (χ1) is 9.01. The first kappa shape index (κ1) is 19.9. The average Bonchev–Trinajstić information content (AvgIpc) is 2.30. The number of unbranched alkanes of at least 4 members (excludes halogenated alkanes) is 3. The van der Waals surface area contributed by atoms with Gasteiger partial charge in [0.05, 0.1) is 0 Å². The summed E-state index contributed by atoms with van der Waals surface area (Å²) in [7, 11) is 0. The van der Waals surface area contributed by atoms with Crippen molar-refractivity contribution in [2.75, 3.05) is 13.1 Å². The zero-order chi connectivity index (χ0) is 16.0. The van der Waals surface area contributed by atoms with E-state index in [2.05, 4.69) is 60.3 Å². The molecular weight excluding hydrogens is 244 g/mol. The lowest BCUT2D eigenvalue weighted by atomic mass is 9.81. The second kappa shape index (κ2) is 8.38. The first-order valence-electron chi connectivity index (χ1n) is 8.47. The summed E-state index contributed by atoms with van der Waals surface area (Å²) < 4.78 is 0. The monoisotopic (exact) mass is 284 g/mol. The van der Waals surface area contributed by atoms with Crippen molar-refractivity contribution in [3.63, 3.8) is 0 Å². The minimum Gasteiger partial charge on any atom is -0.330 e. The van der Waals surface area contributed by atoms with Gasteiger partial charge in [0.15, 0.2) is 0 Å². The lowest BCUT2D eigenvalue weighted by molar-refractivity contribution is 0.0266. The van der Waals surface area contributed by atoms with Crippen LogP contribution in [0.2, 0.25) is 0 Å². The molecule has 0 radical (unpaired) electrons. The number of hydrogen-bond acceptors (Lipinski definition) is 2. The maximum absolute atomic E-state index is 5.57. The summed E-state index contributed by atoms with van der Waals surface area (Å²) in [6, 6.07) is 1.21. The van der Waals surface area contributed by atoms with Gasteiger partial charge < -0.3 is 5.73 Å². The molecule has 0 aromatic carbocycles. The predicted octanol–water partition coefficient (Wildman–Crippen LogP) is 4.68. The molecule has 0 fully saturated rings. The summed E-state index contributed by atoms with van der Waals surface area (Å²) in [6.07, 6.45) is 5.05. The second-order valence-corrected chi connectivity index (χ2v) is 8.52. The van der Waals surface area contributed by atoms with E-state index in [1.165, 1.54) is 32.2 Å². The Morgan fingerprint density at radius 1 is 0.750 bits per heavy atom. The van der Waals surface area contributed by atoms with Gasteiger partial charge in [0.1, 0.15) is 0 Å². The molecule has 0 aliphatic carbocycles. The Hall–Kier alpha value is -0.0800. The van der Waals surface area contributed by atoms with Gasteiger partial charge in [-0.1, -0.05) is 54.4 Å². The third-order valence-electron chi connectivity index (χ3n) is 4.87. The molecule has 0 aromatic heterocycles. The number of rotatable bonds is 8. The third kappa shape index (κ3) is 7.08. The lowest BCUT2D eigenvalue weighted by Crippen LogP contribution is -2.51. The van der Waals surface area contributed by atoms with Crippen molar-refractivity contribution >= 4 is 0 Å². The van der Waals surface area contributed by atoms with Crippen LogP contribution in [0.15, 0.2) is 0 Å². The van der Waals surface area contributed by atoms with Crippen molar-refractivity contribution in [1.82, 2.24) is 4.90 Å². The van der Waals surface area contributed by atoms with Crippen molar-refractivity contribution in [3.8, 4) is 0 Å². The van der Waals surface area contributed by atoms with Crippen molar-refractivity contribution in [3.05, 3.63) is 0 Å². The van der Waals surface area contributed by atoms with Crippen LogP contribution in [-0.4, -0.2) is 30.1 Å². The normalized spacial score (nSPS) is 16.5. The zero-order valence-electron chi connectivity index (χ0n) is 15.4. The molecule has 0 aromatic rings. The maximum atomic E-state index is 5.57. The Morgan fingerprint density at radius 2 is 1.15 bits per heavy atom. The van der Waals surface area contributed by atoms with E-state index >= 15 is 0 Å². The molecule has 2 N–H and O–H groups in total. The van der Waals surface area contributed by atoms with Crippen LogP contribution in [0.5, 0.6) is 0 Å². The van der Waals surface area contributed by atoms with E-state index in [0.717, 1.165) is 6.54 Å². The van der Waals surface area contributed by atoms with E-state index in [1.54, 1.807) is 0 Å². The number of nitrogens with two attached hydrogens (primary N) is 1. The highest BCUT2D eigenvalue weighted by molar-refractivity contribution is 4.87. The minimum atomic E-state index is 0.330. The van der Waals surface area contributed by atoms with E-state index < -0.39 is 0 Å². The summed E-state index contributed by atoms with van der Waals surface area (Å²) in [5.41, 5.74) is 6.23. The minimum absolute atomic E-state index is 0.330. The summed E-state index contributed by atoms with van der Waals surface area (Å²) in [5.74, 6) is 0. The van der Waals surface area contributed by atoms with Gasteiger partial charge >= 0.3 is 0 Å². The van der Waals surface area contributed by atoms with Crippen molar-refractivity contribution in [2.24, 2.45) is 16.6 Å². The molecule has 0 rings (SSSR count). The zero-order valence-corrected chi connectivity index (χ0v) is 15.4. The Kier molecular flexibility index (Phi) is 8.35. The van der Waals surface area contributed by atoms with Crippen LogP contribution >= 0.6 is 0 Å². The topological polar surface area (TPSA) is 29.3 Å². The SMILES string of the molecule is CC(N(CCCCCCN)C(C)C(C)(C)C)C(C)(C)C. The fraction of sp³-hybridized carbons (Fsp3) is 1.00. The molecule has 2 atom stereocenters. The summed E-state index contributed by atoms with van der Waals surface area (Å²) >= 11 is 0. The Morgan fingerprint density at radius 3 is 1.50 bits per heavy atom. The highest BCUT2D eigenvalue weighted by Crippen LogP contribution is 2.32. The fourth-order valence-corrected chi connectivity index (χ4v) is 2.51. The van der Waals surface area contributed by atoms with E-state index in [1.807, 2.05) is 0 Å². The molecule has 2 heteroatoms. The van der Waals surface area contributed by atoms with Crippen LogP contribution in [0.25, 0.3) is 0 Å². The van der Waals surface area contributed by atoms with Crippen LogP contribution in [0.3, 0.4) is 0 Å². The van der Waals surface area contributed by atoms with E-state index in [0.29, 0.717) is 22.9 Å². The molecular formula is C18H40N2. The molecule has 0 spiro atoms. The smallest absolute Gasteiger partial charge is 0.0118 e. The van der Waals surface area contributed by atoms with E-state index in [9.17, 15) is 0 Å². The predicted molar refractivity (Wildman–Crippen MR) is 92.1 cm³/mol. The largest absolute Gasteiger partial charge is 0.330 e. The van der Waals surface area contributed by atoms with Crippen molar-refractivity contribution in [2.45, 2.75) is 93.2 Å². The van der Waals surface area contributed by atoms with E-state index in [4.69, 9.17) is 5.73 Å². The molecule has 2 nitrogen and oxygen atoms in total. The standard InChI is InChI=1S/C18H40N2/c1-15(17(3,4)5)20(16(2)18(6,7)8)14-12-10-9-11-13-19/h15-16H,9-14,19H2,1-8H3. The summed E-state index contributed by atoms with van der Waals surface area (Å²) in [4.78, 5) is 2.72. The van der Waals surface area contributed by atoms with Crippen molar-refractivity contribution in [1.29, 1.82) is 0 Å². The van der Waals surface area contributed by atoms with Gasteiger partial charge in [-0.3, -0.25) is 4.90 Å². The van der Waals surface area contributed by atoms with Gasteiger partial charge in [0, 0.05) is 12.1 Å². The van der Waals surface area contributed by atoms with Crippen LogP contribution < -0.4 is 5.73 Å². The van der Waals surface area contributed by atoms with Crippen molar-refractivity contribution < 1.29 is 0 Å². The number of nitrogens with zero attached hydrogens (tertiary/aromatic N) is 1. The van der Waals surface area contributed by atoms with Gasteiger partial charge in [0.25, 0.3) is 0 Å². The molecule has 0 heterocycles. The molecule has 0 aliphatic rings. The van der Waals surface area contributed by atoms with Crippen LogP contribution in [-0.2, 0) is 0 Å². The molecule has 0 saturated heterocycles. The highest BCUT2D eigenvalue weighted by atomic mass is 15.2. The molecule has 20 heavy (non-hydrogen) atoms. The van der Waals surface area contributed by atoms with Gasteiger partial charge in [-0.25, -0.2) is 0 Å².